The molecule has 0 amide bonds. The van der Waals surface area contributed by atoms with Crippen molar-refractivity contribution in [3.8, 4) is 0 Å². The molecule has 0 unspecified atom stereocenters. The Morgan fingerprint density at radius 1 is 1.55 bits per heavy atom. The fourth-order valence-electron chi connectivity index (χ4n) is 1.79. The monoisotopic (exact) mass is 337 g/mol. The number of halogens is 1. The molecule has 0 bridgehead atoms. The molecule has 20 heavy (non-hydrogen) atoms. The molecule has 0 aliphatic carbocycles. The summed E-state index contributed by atoms with van der Waals surface area (Å²) in [6.07, 6.45) is 7.71. The number of aryl methyl sites for hydroxylation is 1. The Hall–Kier alpha value is -1.89. The summed E-state index contributed by atoms with van der Waals surface area (Å²) >= 11 is 3.30. The first-order chi connectivity index (χ1) is 9.63. The minimum absolute atomic E-state index is 0.174. The van der Waals surface area contributed by atoms with Crippen LogP contribution in [0.5, 0.6) is 0 Å². The van der Waals surface area contributed by atoms with E-state index in [4.69, 9.17) is 0 Å². The molecule has 0 saturated heterocycles. The van der Waals surface area contributed by atoms with Gasteiger partial charge in [-0.1, -0.05) is 6.08 Å². The third-order valence-electron chi connectivity index (χ3n) is 2.87. The minimum atomic E-state index is -0.174. The Morgan fingerprint density at radius 3 is 3.00 bits per heavy atom. The Labute approximate surface area is 125 Å². The lowest BCUT2D eigenvalue weighted by atomic mass is 10.3. The molecule has 0 aliphatic rings. The van der Waals surface area contributed by atoms with Crippen molar-refractivity contribution in [2.75, 3.05) is 11.9 Å². The molecule has 0 radical (unpaired) electrons. The molecule has 0 atom stereocenters. The fraction of sp³-hybridized carbons (Fsp3) is 0.308. The standard InChI is InChI=1S/C13H16BrN5O/c1-3-7-19-13(20)12(14)10(9-17-19)15-5-4-11-16-6-8-18(11)2/h3,6,8-9,15H,1,4-5,7H2,2H3. The normalized spacial score (nSPS) is 10.5. The highest BCUT2D eigenvalue weighted by molar-refractivity contribution is 9.10. The summed E-state index contributed by atoms with van der Waals surface area (Å²) in [6, 6.07) is 0. The molecule has 2 heterocycles. The quantitative estimate of drug-likeness (QED) is 0.813. The van der Waals surface area contributed by atoms with Gasteiger partial charge < -0.3 is 9.88 Å². The van der Waals surface area contributed by atoms with Crippen molar-refractivity contribution in [1.82, 2.24) is 19.3 Å². The van der Waals surface area contributed by atoms with Crippen LogP contribution in [-0.4, -0.2) is 25.9 Å². The lowest BCUT2D eigenvalue weighted by molar-refractivity contribution is 0.648. The van der Waals surface area contributed by atoms with Crippen LogP contribution in [0, 0.1) is 0 Å². The average molecular weight is 338 g/mol. The highest BCUT2D eigenvalue weighted by atomic mass is 79.9. The van der Waals surface area contributed by atoms with Gasteiger partial charge in [-0.25, -0.2) is 9.67 Å². The summed E-state index contributed by atoms with van der Waals surface area (Å²) in [5, 5.41) is 7.27. The van der Waals surface area contributed by atoms with Gasteiger partial charge in [-0.2, -0.15) is 5.10 Å². The molecule has 0 fully saturated rings. The van der Waals surface area contributed by atoms with Crippen LogP contribution in [0.2, 0.25) is 0 Å². The highest BCUT2D eigenvalue weighted by Gasteiger charge is 2.08. The van der Waals surface area contributed by atoms with Crippen molar-refractivity contribution >= 4 is 21.6 Å². The summed E-state index contributed by atoms with van der Waals surface area (Å²) in [7, 11) is 1.95. The van der Waals surface area contributed by atoms with Crippen molar-refractivity contribution in [2.45, 2.75) is 13.0 Å². The minimum Gasteiger partial charge on any atom is -0.382 e. The Balaban J connectivity index is 2.03. The van der Waals surface area contributed by atoms with Gasteiger partial charge in [0.05, 0.1) is 18.4 Å². The molecule has 2 rings (SSSR count). The fourth-order valence-corrected chi connectivity index (χ4v) is 2.23. The Kier molecular flexibility index (Phi) is 4.73. The second-order valence-electron chi connectivity index (χ2n) is 4.28. The van der Waals surface area contributed by atoms with Gasteiger partial charge in [-0.15, -0.1) is 6.58 Å². The van der Waals surface area contributed by atoms with Crippen LogP contribution >= 0.6 is 15.9 Å². The number of nitrogens with zero attached hydrogens (tertiary/aromatic N) is 4. The van der Waals surface area contributed by atoms with E-state index in [0.717, 1.165) is 12.2 Å². The van der Waals surface area contributed by atoms with Gasteiger partial charge in [0.25, 0.3) is 5.56 Å². The van der Waals surface area contributed by atoms with Crippen LogP contribution < -0.4 is 10.9 Å². The van der Waals surface area contributed by atoms with Gasteiger partial charge >= 0.3 is 0 Å². The number of allylic oxidation sites excluding steroid dienone is 1. The number of aromatic nitrogens is 4. The first-order valence-electron chi connectivity index (χ1n) is 6.20. The topological polar surface area (TPSA) is 64.7 Å². The molecular formula is C13H16BrN5O. The van der Waals surface area contributed by atoms with Crippen LogP contribution in [0.15, 0.2) is 40.5 Å². The van der Waals surface area contributed by atoms with Gasteiger partial charge in [-0.05, 0) is 15.9 Å². The van der Waals surface area contributed by atoms with Crippen LogP contribution in [-0.2, 0) is 20.0 Å². The van der Waals surface area contributed by atoms with Gasteiger partial charge in [0.1, 0.15) is 10.3 Å². The van der Waals surface area contributed by atoms with E-state index >= 15 is 0 Å². The molecule has 2 aromatic heterocycles. The highest BCUT2D eigenvalue weighted by Crippen LogP contribution is 2.15. The van der Waals surface area contributed by atoms with E-state index in [1.807, 2.05) is 17.8 Å². The maximum Gasteiger partial charge on any atom is 0.283 e. The smallest absolute Gasteiger partial charge is 0.283 e. The van der Waals surface area contributed by atoms with E-state index in [1.165, 1.54) is 4.68 Å². The van der Waals surface area contributed by atoms with Crippen molar-refractivity contribution in [1.29, 1.82) is 0 Å². The first kappa shape index (κ1) is 14.5. The summed E-state index contributed by atoms with van der Waals surface area (Å²) in [4.78, 5) is 16.2. The summed E-state index contributed by atoms with van der Waals surface area (Å²) < 4.78 is 3.80. The van der Waals surface area contributed by atoms with Crippen molar-refractivity contribution < 1.29 is 0 Å². The zero-order chi connectivity index (χ0) is 14.5. The largest absolute Gasteiger partial charge is 0.382 e. The first-order valence-corrected chi connectivity index (χ1v) is 6.99. The zero-order valence-corrected chi connectivity index (χ0v) is 12.8. The number of hydrogen-bond donors (Lipinski definition) is 1. The molecule has 0 aromatic carbocycles. The number of anilines is 1. The van der Waals surface area contributed by atoms with Gasteiger partial charge in [0.15, 0.2) is 0 Å². The molecule has 0 aliphatic heterocycles. The van der Waals surface area contributed by atoms with Crippen molar-refractivity contribution in [3.05, 3.63) is 51.9 Å². The lowest BCUT2D eigenvalue weighted by Gasteiger charge is -2.09. The predicted molar refractivity (Wildman–Crippen MR) is 81.8 cm³/mol. The van der Waals surface area contributed by atoms with E-state index in [-0.39, 0.29) is 5.56 Å². The molecule has 6 nitrogen and oxygen atoms in total. The van der Waals surface area contributed by atoms with E-state index in [9.17, 15) is 4.79 Å². The zero-order valence-electron chi connectivity index (χ0n) is 11.2. The van der Waals surface area contributed by atoms with Gasteiger partial charge in [-0.3, -0.25) is 4.79 Å². The molecule has 2 aromatic rings. The van der Waals surface area contributed by atoms with E-state index in [1.54, 1.807) is 18.5 Å². The predicted octanol–water partition coefficient (Wildman–Crippen LogP) is 1.58. The molecule has 106 valence electrons. The average Bonchev–Trinajstić information content (AvgIpc) is 2.84. The summed E-state index contributed by atoms with van der Waals surface area (Å²) in [5.41, 5.74) is 0.511. The van der Waals surface area contributed by atoms with Crippen LogP contribution in [0.4, 0.5) is 5.69 Å². The van der Waals surface area contributed by atoms with Crippen LogP contribution in [0.3, 0.4) is 0 Å². The number of imidazole rings is 1. The van der Waals surface area contributed by atoms with Crippen LogP contribution in [0.1, 0.15) is 5.82 Å². The summed E-state index contributed by atoms with van der Waals surface area (Å²) in [6.45, 7) is 4.67. The van der Waals surface area contributed by atoms with E-state index in [2.05, 4.69) is 37.9 Å². The summed E-state index contributed by atoms with van der Waals surface area (Å²) in [5.74, 6) is 0.988. The maximum absolute atomic E-state index is 12.0. The molecule has 0 saturated carbocycles. The van der Waals surface area contributed by atoms with E-state index in [0.29, 0.717) is 23.2 Å². The van der Waals surface area contributed by atoms with Gasteiger partial charge in [0.2, 0.25) is 0 Å². The SMILES string of the molecule is C=CCn1ncc(NCCc2nccn2C)c(Br)c1=O. The Morgan fingerprint density at radius 2 is 2.35 bits per heavy atom. The second-order valence-corrected chi connectivity index (χ2v) is 5.07. The number of hydrogen-bond acceptors (Lipinski definition) is 4. The second kappa shape index (κ2) is 6.51. The number of rotatable bonds is 6. The van der Waals surface area contributed by atoms with Gasteiger partial charge in [0, 0.05) is 32.4 Å². The van der Waals surface area contributed by atoms with Crippen molar-refractivity contribution in [2.24, 2.45) is 7.05 Å². The Bertz CT molecular complexity index is 661. The molecule has 0 spiro atoms. The lowest BCUT2D eigenvalue weighted by Crippen LogP contribution is -2.24. The van der Waals surface area contributed by atoms with E-state index < -0.39 is 0 Å². The third kappa shape index (κ3) is 3.16. The van der Waals surface area contributed by atoms with Crippen molar-refractivity contribution in [3.63, 3.8) is 0 Å². The third-order valence-corrected chi connectivity index (χ3v) is 3.64. The molecule has 7 heteroatoms. The molecular weight excluding hydrogens is 322 g/mol. The molecule has 1 N–H and O–H groups in total. The van der Waals surface area contributed by atoms with Crippen LogP contribution in [0.25, 0.3) is 0 Å². The number of nitrogens with one attached hydrogen (secondary N) is 1. The maximum atomic E-state index is 12.0.